The van der Waals surface area contributed by atoms with E-state index in [0.717, 1.165) is 49.6 Å². The van der Waals surface area contributed by atoms with Crippen LogP contribution in [0.15, 0.2) is 60.7 Å². The van der Waals surface area contributed by atoms with Crippen LogP contribution in [0.2, 0.25) is 0 Å². The van der Waals surface area contributed by atoms with Gasteiger partial charge in [-0.1, -0.05) is 12.1 Å². The fourth-order valence-corrected chi connectivity index (χ4v) is 3.01. The molecule has 0 heterocycles. The first-order valence-corrected chi connectivity index (χ1v) is 9.71. The molecule has 0 bridgehead atoms. The van der Waals surface area contributed by atoms with Crippen LogP contribution in [0.4, 0.5) is 37.7 Å². The first kappa shape index (κ1) is 25.4. The van der Waals surface area contributed by atoms with E-state index in [1.165, 1.54) is 12.1 Å². The molecular formula is C23H16F6N2O4. The molecule has 3 aromatic carbocycles. The topological polar surface area (TPSA) is 76.7 Å². The maximum Gasteiger partial charge on any atom is 0.418 e. The van der Waals surface area contributed by atoms with Gasteiger partial charge in [-0.3, -0.25) is 9.59 Å². The molecule has 0 spiro atoms. The van der Waals surface area contributed by atoms with Crippen LogP contribution in [0.3, 0.4) is 0 Å². The third-order valence-corrected chi connectivity index (χ3v) is 4.59. The minimum Gasteiger partial charge on any atom is -0.493 e. The minimum absolute atomic E-state index is 0.200. The van der Waals surface area contributed by atoms with Gasteiger partial charge < -0.3 is 20.1 Å². The Morgan fingerprint density at radius 1 is 0.886 bits per heavy atom. The summed E-state index contributed by atoms with van der Waals surface area (Å²) in [4.78, 5) is 24.8. The second kappa shape index (κ2) is 10.4. The molecule has 0 aliphatic carbocycles. The fourth-order valence-electron chi connectivity index (χ4n) is 3.01. The van der Waals surface area contributed by atoms with Crippen LogP contribution >= 0.6 is 0 Å². The van der Waals surface area contributed by atoms with Gasteiger partial charge in [0.25, 0.3) is 11.8 Å². The smallest absolute Gasteiger partial charge is 0.418 e. The van der Waals surface area contributed by atoms with Crippen LogP contribution in [0, 0.1) is 5.82 Å². The average molecular weight is 498 g/mol. The fraction of sp³-hybridized carbons (Fsp3) is 0.130. The van der Waals surface area contributed by atoms with Gasteiger partial charge in [0.1, 0.15) is 5.82 Å². The van der Waals surface area contributed by atoms with Crippen LogP contribution in [0.25, 0.3) is 0 Å². The predicted molar refractivity (Wildman–Crippen MR) is 113 cm³/mol. The second-order valence-corrected chi connectivity index (χ2v) is 6.89. The number of carbonyl (C=O) groups is 2. The molecule has 0 saturated heterocycles. The van der Waals surface area contributed by atoms with Crippen molar-refractivity contribution in [3.63, 3.8) is 0 Å². The molecular weight excluding hydrogens is 482 g/mol. The highest BCUT2D eigenvalue weighted by Crippen LogP contribution is 2.37. The van der Waals surface area contributed by atoms with Gasteiger partial charge in [-0.05, 0) is 48.5 Å². The number of alkyl halides is 5. The summed E-state index contributed by atoms with van der Waals surface area (Å²) in [6.45, 7) is -3.16. The lowest BCUT2D eigenvalue weighted by Crippen LogP contribution is -2.18. The van der Waals surface area contributed by atoms with E-state index in [1.807, 2.05) is 0 Å². The van der Waals surface area contributed by atoms with E-state index >= 15 is 0 Å². The first-order chi connectivity index (χ1) is 16.5. The second-order valence-electron chi connectivity index (χ2n) is 6.89. The molecule has 35 heavy (non-hydrogen) atoms. The number of hydrogen-bond acceptors (Lipinski definition) is 4. The molecule has 0 fully saturated rings. The van der Waals surface area contributed by atoms with Crippen LogP contribution in [0.5, 0.6) is 11.5 Å². The van der Waals surface area contributed by atoms with E-state index in [-0.39, 0.29) is 28.3 Å². The van der Waals surface area contributed by atoms with Crippen molar-refractivity contribution < 1.29 is 45.4 Å². The van der Waals surface area contributed by atoms with Crippen molar-refractivity contribution in [2.24, 2.45) is 0 Å². The molecule has 0 aliphatic heterocycles. The highest BCUT2D eigenvalue weighted by molar-refractivity contribution is 6.06. The number of carbonyl (C=O) groups excluding carboxylic acids is 2. The van der Waals surface area contributed by atoms with E-state index in [9.17, 15) is 35.9 Å². The quantitative estimate of drug-likeness (QED) is 0.394. The van der Waals surface area contributed by atoms with Crippen molar-refractivity contribution in [1.29, 1.82) is 0 Å². The number of rotatable bonds is 7. The van der Waals surface area contributed by atoms with Crippen LogP contribution in [-0.4, -0.2) is 25.5 Å². The van der Waals surface area contributed by atoms with Crippen molar-refractivity contribution in [3.8, 4) is 11.5 Å². The predicted octanol–water partition coefficient (Wildman–Crippen LogP) is 5.96. The molecule has 0 aliphatic rings. The molecule has 0 aromatic heterocycles. The number of ether oxygens (including phenoxy) is 2. The highest BCUT2D eigenvalue weighted by atomic mass is 19.4. The first-order valence-electron chi connectivity index (χ1n) is 9.71. The van der Waals surface area contributed by atoms with Crippen LogP contribution in [-0.2, 0) is 6.18 Å². The van der Waals surface area contributed by atoms with Crippen molar-refractivity contribution in [3.05, 3.63) is 83.2 Å². The van der Waals surface area contributed by atoms with Gasteiger partial charge >= 0.3 is 12.8 Å². The number of amides is 2. The molecule has 0 radical (unpaired) electrons. The Hall–Kier alpha value is -4.22. The lowest BCUT2D eigenvalue weighted by molar-refractivity contribution is -0.136. The molecule has 3 rings (SSSR count). The summed E-state index contributed by atoms with van der Waals surface area (Å²) in [6, 6.07) is 10.6. The van der Waals surface area contributed by atoms with E-state index in [2.05, 4.69) is 15.4 Å². The van der Waals surface area contributed by atoms with E-state index < -0.39 is 41.7 Å². The lowest BCUT2D eigenvalue weighted by Gasteiger charge is -2.16. The van der Waals surface area contributed by atoms with Gasteiger partial charge in [-0.15, -0.1) is 0 Å². The number of anilines is 2. The lowest BCUT2D eigenvalue weighted by atomic mass is 10.1. The molecule has 3 aromatic rings. The van der Waals surface area contributed by atoms with Crippen molar-refractivity contribution in [2.75, 3.05) is 17.7 Å². The number of methoxy groups -OCH3 is 1. The molecule has 0 unspecified atom stereocenters. The maximum absolute atomic E-state index is 13.8. The van der Waals surface area contributed by atoms with Crippen molar-refractivity contribution in [2.45, 2.75) is 12.8 Å². The zero-order chi connectivity index (χ0) is 25.8. The molecule has 184 valence electrons. The van der Waals surface area contributed by atoms with Gasteiger partial charge in [-0.2, -0.15) is 22.0 Å². The molecule has 2 amide bonds. The van der Waals surface area contributed by atoms with E-state index in [4.69, 9.17) is 4.74 Å². The molecule has 12 heteroatoms. The summed E-state index contributed by atoms with van der Waals surface area (Å²) in [5, 5.41) is 4.27. The number of hydrogen-bond donors (Lipinski definition) is 2. The SMILES string of the molecule is COc1cc(C(=O)Nc2ccc(NC(=O)c3ccccc3F)cc2C(F)(F)F)ccc1OC(F)F. The maximum atomic E-state index is 13.8. The Bertz CT molecular complexity index is 1250. The Labute approximate surface area is 194 Å². The Morgan fingerprint density at radius 3 is 2.23 bits per heavy atom. The summed E-state index contributed by atoms with van der Waals surface area (Å²) >= 11 is 0. The summed E-state index contributed by atoms with van der Waals surface area (Å²) in [5.74, 6) is -3.43. The molecule has 6 nitrogen and oxygen atoms in total. The standard InChI is InChI=1S/C23H16F6N2O4/c1-34-19-10-12(6-9-18(19)35-22(25)26)20(32)31-17-8-7-13(11-15(17)23(27,28)29)30-21(33)14-4-2-3-5-16(14)24/h2-11,22H,1H3,(H,30,33)(H,31,32). The zero-order valence-electron chi connectivity index (χ0n) is 17.8. The summed E-state index contributed by atoms with van der Waals surface area (Å²) in [5.41, 5.74) is -2.79. The van der Waals surface area contributed by atoms with Gasteiger partial charge in [0.05, 0.1) is 23.9 Å². The van der Waals surface area contributed by atoms with E-state index in [0.29, 0.717) is 6.07 Å². The minimum atomic E-state index is -4.94. The van der Waals surface area contributed by atoms with Crippen molar-refractivity contribution in [1.82, 2.24) is 0 Å². The average Bonchev–Trinajstić information content (AvgIpc) is 2.79. The number of nitrogens with one attached hydrogen (secondary N) is 2. The van der Waals surface area contributed by atoms with Crippen molar-refractivity contribution >= 4 is 23.2 Å². The Morgan fingerprint density at radius 2 is 1.60 bits per heavy atom. The zero-order valence-corrected chi connectivity index (χ0v) is 17.8. The van der Waals surface area contributed by atoms with Gasteiger partial charge in [-0.25, -0.2) is 4.39 Å². The summed E-state index contributed by atoms with van der Waals surface area (Å²) in [7, 11) is 1.13. The van der Waals surface area contributed by atoms with Gasteiger partial charge in [0.2, 0.25) is 0 Å². The number of benzene rings is 3. The molecule has 0 saturated carbocycles. The molecule has 2 N–H and O–H groups in total. The molecule has 0 atom stereocenters. The van der Waals surface area contributed by atoms with E-state index in [1.54, 1.807) is 0 Å². The van der Waals surface area contributed by atoms with Crippen LogP contribution in [0.1, 0.15) is 26.3 Å². The van der Waals surface area contributed by atoms with Crippen LogP contribution < -0.4 is 20.1 Å². The Balaban J connectivity index is 1.86. The third-order valence-electron chi connectivity index (χ3n) is 4.59. The van der Waals surface area contributed by atoms with Gasteiger partial charge in [0.15, 0.2) is 11.5 Å². The monoisotopic (exact) mass is 498 g/mol. The van der Waals surface area contributed by atoms with Gasteiger partial charge in [0, 0.05) is 11.3 Å². The normalized spacial score (nSPS) is 11.2. The highest BCUT2D eigenvalue weighted by Gasteiger charge is 2.34. The Kier molecular flexibility index (Phi) is 7.52. The number of halogens is 6. The summed E-state index contributed by atoms with van der Waals surface area (Å²) < 4.78 is 88.8. The summed E-state index contributed by atoms with van der Waals surface area (Å²) in [6.07, 6.45) is -4.94. The third kappa shape index (κ3) is 6.22. The largest absolute Gasteiger partial charge is 0.493 e.